The highest BCUT2D eigenvalue weighted by Gasteiger charge is 2.33. The van der Waals surface area contributed by atoms with E-state index >= 15 is 0 Å². The van der Waals surface area contributed by atoms with Gasteiger partial charge in [0, 0.05) is 42.0 Å². The Labute approximate surface area is 172 Å². The summed E-state index contributed by atoms with van der Waals surface area (Å²) in [5.41, 5.74) is 4.32. The second kappa shape index (κ2) is 8.74. The number of fused-ring (bicyclic) bond motifs is 1. The topological polar surface area (TPSA) is 62.8 Å². The minimum Gasteiger partial charge on any atom is -0.445 e. The van der Waals surface area contributed by atoms with Crippen molar-refractivity contribution in [3.8, 4) is 0 Å². The molecule has 4 rings (SSSR count). The zero-order valence-electron chi connectivity index (χ0n) is 17.1. The molecule has 2 aliphatic heterocycles. The van der Waals surface area contributed by atoms with E-state index in [0.717, 1.165) is 43.1 Å². The Morgan fingerprint density at radius 2 is 1.93 bits per heavy atom. The highest BCUT2D eigenvalue weighted by Crippen LogP contribution is 2.38. The summed E-state index contributed by atoms with van der Waals surface area (Å²) in [6, 6.07) is 16.3. The lowest BCUT2D eigenvalue weighted by Crippen LogP contribution is -2.43. The second-order valence-electron chi connectivity index (χ2n) is 7.85. The van der Waals surface area contributed by atoms with Crippen LogP contribution in [0, 0.1) is 5.92 Å². The van der Waals surface area contributed by atoms with Crippen LogP contribution < -0.4 is 15.5 Å². The summed E-state index contributed by atoms with van der Waals surface area (Å²) in [6.45, 7) is 7.83. The molecule has 2 aromatic rings. The monoisotopic (exact) mass is 395 g/mol. The standard InChI is InChI=1S/C23H29N3O3/c1-16-17(2)24-21-9-8-19(26-10-12-28-13-11-26)14-20(21)22(16)25-23(27)29-15-18-6-4-3-5-7-18/h3-9,14,16-17,22,24H,10-13,15H2,1-2H3,(H,25,27)/t16-,17-,22?/m0/s1. The van der Waals surface area contributed by atoms with Crippen molar-refractivity contribution in [1.29, 1.82) is 0 Å². The molecule has 1 saturated heterocycles. The molecule has 0 aromatic heterocycles. The summed E-state index contributed by atoms with van der Waals surface area (Å²) in [6.07, 6.45) is -0.387. The van der Waals surface area contributed by atoms with Gasteiger partial charge in [0.15, 0.2) is 0 Å². The lowest BCUT2D eigenvalue weighted by Gasteiger charge is -2.38. The Balaban J connectivity index is 1.50. The van der Waals surface area contributed by atoms with Crippen molar-refractivity contribution in [2.75, 3.05) is 36.5 Å². The van der Waals surface area contributed by atoms with E-state index in [4.69, 9.17) is 9.47 Å². The Morgan fingerprint density at radius 1 is 1.17 bits per heavy atom. The number of hydrogen-bond donors (Lipinski definition) is 2. The van der Waals surface area contributed by atoms with Crippen LogP contribution in [0.1, 0.15) is 31.0 Å². The third kappa shape index (κ3) is 4.48. The average molecular weight is 396 g/mol. The molecule has 29 heavy (non-hydrogen) atoms. The Morgan fingerprint density at radius 3 is 2.69 bits per heavy atom. The molecule has 1 fully saturated rings. The Kier molecular flexibility index (Phi) is 5.90. The summed E-state index contributed by atoms with van der Waals surface area (Å²) in [5, 5.41) is 6.68. The zero-order valence-corrected chi connectivity index (χ0v) is 17.1. The number of benzene rings is 2. The molecule has 6 nitrogen and oxygen atoms in total. The van der Waals surface area contributed by atoms with Gasteiger partial charge < -0.3 is 25.0 Å². The van der Waals surface area contributed by atoms with Crippen molar-refractivity contribution in [2.24, 2.45) is 5.92 Å². The zero-order chi connectivity index (χ0) is 20.2. The SMILES string of the molecule is C[C@@H]1Nc2ccc(N3CCOCC3)cc2C(NC(=O)OCc2ccccc2)[C@H]1C. The van der Waals surface area contributed by atoms with Gasteiger partial charge in [-0.3, -0.25) is 0 Å². The van der Waals surface area contributed by atoms with Crippen LogP contribution in [0.5, 0.6) is 0 Å². The molecule has 2 aromatic carbocycles. The number of ether oxygens (including phenoxy) is 2. The van der Waals surface area contributed by atoms with Crippen LogP contribution in [0.3, 0.4) is 0 Å². The van der Waals surface area contributed by atoms with Crippen molar-refractivity contribution < 1.29 is 14.3 Å². The smallest absolute Gasteiger partial charge is 0.407 e. The van der Waals surface area contributed by atoms with E-state index < -0.39 is 0 Å². The van der Waals surface area contributed by atoms with E-state index in [1.165, 1.54) is 5.69 Å². The van der Waals surface area contributed by atoms with E-state index in [1.54, 1.807) is 0 Å². The highest BCUT2D eigenvalue weighted by atomic mass is 16.5. The van der Waals surface area contributed by atoms with Gasteiger partial charge in [-0.15, -0.1) is 0 Å². The molecule has 2 N–H and O–H groups in total. The predicted octanol–water partition coefficient (Wildman–Crippen LogP) is 3.94. The summed E-state index contributed by atoms with van der Waals surface area (Å²) in [5.74, 6) is 0.228. The number of nitrogens with zero attached hydrogens (tertiary/aromatic N) is 1. The molecule has 2 heterocycles. The highest BCUT2D eigenvalue weighted by molar-refractivity contribution is 5.71. The number of morpholine rings is 1. The first-order chi connectivity index (χ1) is 14.1. The fourth-order valence-electron chi connectivity index (χ4n) is 4.01. The summed E-state index contributed by atoms with van der Waals surface area (Å²) in [7, 11) is 0. The number of rotatable bonds is 4. The van der Waals surface area contributed by atoms with Gasteiger partial charge in [-0.05, 0) is 30.7 Å². The number of hydrogen-bond acceptors (Lipinski definition) is 5. The second-order valence-corrected chi connectivity index (χ2v) is 7.85. The summed E-state index contributed by atoms with van der Waals surface area (Å²) >= 11 is 0. The van der Waals surface area contributed by atoms with E-state index in [2.05, 4.69) is 47.6 Å². The molecule has 1 amide bonds. The third-order valence-electron chi connectivity index (χ3n) is 5.93. The van der Waals surface area contributed by atoms with Gasteiger partial charge in [0.1, 0.15) is 6.61 Å². The normalized spacial score (nSPS) is 23.7. The number of carbonyl (C=O) groups is 1. The Bertz CT molecular complexity index is 837. The molecule has 0 saturated carbocycles. The number of alkyl carbamates (subject to hydrolysis) is 1. The van der Waals surface area contributed by atoms with Crippen LogP contribution in [0.15, 0.2) is 48.5 Å². The van der Waals surface area contributed by atoms with Crippen LogP contribution in [0.4, 0.5) is 16.2 Å². The maximum atomic E-state index is 12.6. The van der Waals surface area contributed by atoms with Gasteiger partial charge in [-0.25, -0.2) is 4.79 Å². The van der Waals surface area contributed by atoms with E-state index in [9.17, 15) is 4.79 Å². The van der Waals surface area contributed by atoms with Gasteiger partial charge in [0.05, 0.1) is 19.3 Å². The fraction of sp³-hybridized carbons (Fsp3) is 0.435. The molecule has 3 atom stereocenters. The lowest BCUT2D eigenvalue weighted by molar-refractivity contribution is 0.122. The molecule has 0 aliphatic carbocycles. The van der Waals surface area contributed by atoms with E-state index in [0.29, 0.717) is 0 Å². The van der Waals surface area contributed by atoms with Crippen molar-refractivity contribution in [3.63, 3.8) is 0 Å². The summed E-state index contributed by atoms with van der Waals surface area (Å²) < 4.78 is 11.0. The molecule has 2 aliphatic rings. The third-order valence-corrected chi connectivity index (χ3v) is 5.93. The van der Waals surface area contributed by atoms with Gasteiger partial charge >= 0.3 is 6.09 Å². The fourth-order valence-corrected chi connectivity index (χ4v) is 4.01. The number of nitrogens with one attached hydrogen (secondary N) is 2. The molecule has 154 valence electrons. The number of amides is 1. The number of anilines is 2. The van der Waals surface area contributed by atoms with Gasteiger partial charge in [0.2, 0.25) is 0 Å². The van der Waals surface area contributed by atoms with Crippen molar-refractivity contribution >= 4 is 17.5 Å². The molecule has 6 heteroatoms. The van der Waals surface area contributed by atoms with Crippen LogP contribution >= 0.6 is 0 Å². The first-order valence-electron chi connectivity index (χ1n) is 10.3. The molecule has 0 radical (unpaired) electrons. The predicted molar refractivity (Wildman–Crippen MR) is 114 cm³/mol. The van der Waals surface area contributed by atoms with E-state index in [-0.39, 0.29) is 30.7 Å². The van der Waals surface area contributed by atoms with Gasteiger partial charge in [-0.1, -0.05) is 37.3 Å². The van der Waals surface area contributed by atoms with E-state index in [1.807, 2.05) is 30.3 Å². The first kappa shape index (κ1) is 19.6. The molecule has 1 unspecified atom stereocenters. The maximum Gasteiger partial charge on any atom is 0.407 e. The van der Waals surface area contributed by atoms with Crippen LogP contribution in [0.25, 0.3) is 0 Å². The first-order valence-corrected chi connectivity index (χ1v) is 10.3. The minimum absolute atomic E-state index is 0.106. The number of carbonyl (C=O) groups excluding carboxylic acids is 1. The van der Waals surface area contributed by atoms with Crippen molar-refractivity contribution in [2.45, 2.75) is 32.5 Å². The minimum atomic E-state index is -0.387. The summed E-state index contributed by atoms with van der Waals surface area (Å²) in [4.78, 5) is 14.9. The molecular formula is C23H29N3O3. The van der Waals surface area contributed by atoms with Crippen molar-refractivity contribution in [1.82, 2.24) is 5.32 Å². The van der Waals surface area contributed by atoms with Gasteiger partial charge in [0.25, 0.3) is 0 Å². The Hall–Kier alpha value is -2.73. The van der Waals surface area contributed by atoms with Crippen LogP contribution in [-0.2, 0) is 16.1 Å². The van der Waals surface area contributed by atoms with Crippen molar-refractivity contribution in [3.05, 3.63) is 59.7 Å². The molecule has 0 spiro atoms. The lowest BCUT2D eigenvalue weighted by atomic mass is 9.84. The van der Waals surface area contributed by atoms with Crippen LogP contribution in [0.2, 0.25) is 0 Å². The largest absolute Gasteiger partial charge is 0.445 e. The van der Waals surface area contributed by atoms with Crippen LogP contribution in [-0.4, -0.2) is 38.4 Å². The van der Waals surface area contributed by atoms with Gasteiger partial charge in [-0.2, -0.15) is 0 Å². The quantitative estimate of drug-likeness (QED) is 0.821. The molecule has 0 bridgehead atoms. The molecular weight excluding hydrogens is 366 g/mol. The maximum absolute atomic E-state index is 12.6. The average Bonchev–Trinajstić information content (AvgIpc) is 2.76.